The average molecular weight is 480 g/mol. The molecule has 0 unspecified atom stereocenters. The van der Waals surface area contributed by atoms with Gasteiger partial charge in [-0.1, -0.05) is 19.9 Å². The molecule has 2 heterocycles. The first-order valence-corrected chi connectivity index (χ1v) is 13.0. The van der Waals surface area contributed by atoms with Crippen molar-refractivity contribution in [2.45, 2.75) is 29.5 Å². The van der Waals surface area contributed by atoms with Crippen molar-refractivity contribution < 1.29 is 17.9 Å². The maximum absolute atomic E-state index is 12.6. The summed E-state index contributed by atoms with van der Waals surface area (Å²) in [4.78, 5) is 9.25. The number of thioether (sulfide) groups is 1. The smallest absolute Gasteiger partial charge is 0.244 e. The normalized spacial score (nSPS) is 11.6. The number of benzene rings is 1. The first-order chi connectivity index (χ1) is 14.9. The molecule has 0 fully saturated rings. The Morgan fingerprint density at radius 3 is 2.48 bits per heavy atom. The molecule has 0 aliphatic heterocycles. The molecule has 0 saturated carbocycles. The molecule has 0 spiro atoms. The lowest BCUT2D eigenvalue weighted by atomic mass is 10.2. The van der Waals surface area contributed by atoms with E-state index in [-0.39, 0.29) is 4.90 Å². The molecule has 0 saturated heterocycles. The molecule has 31 heavy (non-hydrogen) atoms. The Bertz CT molecular complexity index is 1110. The van der Waals surface area contributed by atoms with E-state index in [1.54, 1.807) is 26.4 Å². The van der Waals surface area contributed by atoms with Crippen LogP contribution in [0, 0.1) is 0 Å². The van der Waals surface area contributed by atoms with Crippen LogP contribution in [0.25, 0.3) is 10.6 Å². The molecule has 1 aromatic carbocycles. The van der Waals surface area contributed by atoms with Crippen LogP contribution in [0.4, 0.5) is 0 Å². The topological polar surface area (TPSA) is 81.6 Å². The highest BCUT2D eigenvalue weighted by atomic mass is 32.2. The van der Waals surface area contributed by atoms with E-state index in [2.05, 4.69) is 4.98 Å². The number of sulfonamides is 1. The number of thiazole rings is 1. The average Bonchev–Trinajstić information content (AvgIpc) is 3.27. The maximum atomic E-state index is 12.6. The number of pyridine rings is 1. The molecule has 0 radical (unpaired) electrons. The van der Waals surface area contributed by atoms with Gasteiger partial charge in [-0.2, -0.15) is 4.31 Å². The molecule has 0 aliphatic carbocycles. The fourth-order valence-corrected chi connectivity index (χ4v) is 6.10. The predicted octanol–water partition coefficient (Wildman–Crippen LogP) is 4.55. The van der Waals surface area contributed by atoms with Gasteiger partial charge in [0.25, 0.3) is 0 Å². The van der Waals surface area contributed by atoms with Crippen molar-refractivity contribution in [3.8, 4) is 22.1 Å². The number of ether oxygens (including phenoxy) is 2. The Morgan fingerprint density at radius 2 is 1.87 bits per heavy atom. The van der Waals surface area contributed by atoms with Crippen LogP contribution < -0.4 is 9.47 Å². The van der Waals surface area contributed by atoms with Crippen LogP contribution in [0.1, 0.15) is 19.5 Å². The standard InChI is InChI=1S/C21H25N3O4S3/c1-5-24(6-2)31(25,26)16-10-11-19(22-12-16)29-13-15-14-30-21(23-15)17-8-7-9-18(27-3)20(17)28-4/h7-12,14H,5-6,13H2,1-4H3. The molecule has 166 valence electrons. The van der Waals surface area contributed by atoms with Crippen LogP contribution in [0.15, 0.2) is 51.8 Å². The van der Waals surface area contributed by atoms with Gasteiger partial charge >= 0.3 is 0 Å². The van der Waals surface area contributed by atoms with Gasteiger partial charge in [-0.15, -0.1) is 23.1 Å². The Balaban J connectivity index is 1.71. The Kier molecular flexibility index (Phi) is 7.93. The fraction of sp³-hybridized carbons (Fsp3) is 0.333. The summed E-state index contributed by atoms with van der Waals surface area (Å²) < 4.78 is 37.4. The number of hydrogen-bond donors (Lipinski definition) is 0. The molecule has 7 nitrogen and oxygen atoms in total. The summed E-state index contributed by atoms with van der Waals surface area (Å²) in [6.45, 7) is 4.50. The SMILES string of the molecule is CCN(CC)S(=O)(=O)c1ccc(SCc2csc(-c3cccc(OC)c3OC)n2)nc1. The van der Waals surface area contributed by atoms with E-state index in [1.165, 1.54) is 33.6 Å². The number of nitrogens with zero attached hydrogens (tertiary/aromatic N) is 3. The highest BCUT2D eigenvalue weighted by Crippen LogP contribution is 2.39. The third kappa shape index (κ3) is 5.20. The van der Waals surface area contributed by atoms with Crippen LogP contribution in [0.5, 0.6) is 11.5 Å². The third-order valence-electron chi connectivity index (χ3n) is 4.61. The van der Waals surface area contributed by atoms with Crippen molar-refractivity contribution in [1.29, 1.82) is 0 Å². The summed E-state index contributed by atoms with van der Waals surface area (Å²) in [5.74, 6) is 1.94. The van der Waals surface area contributed by atoms with Crippen molar-refractivity contribution >= 4 is 33.1 Å². The number of rotatable bonds is 10. The summed E-state index contributed by atoms with van der Waals surface area (Å²) in [6, 6.07) is 9.05. The minimum atomic E-state index is -3.50. The van der Waals surface area contributed by atoms with E-state index in [0.29, 0.717) is 30.3 Å². The second-order valence-corrected chi connectivity index (χ2v) is 10.2. The van der Waals surface area contributed by atoms with E-state index in [9.17, 15) is 8.42 Å². The van der Waals surface area contributed by atoms with Crippen molar-refractivity contribution in [1.82, 2.24) is 14.3 Å². The lowest BCUT2D eigenvalue weighted by molar-refractivity contribution is 0.356. The molecule has 3 aromatic rings. The Hall–Kier alpha value is -2.14. The molecule has 0 amide bonds. The third-order valence-corrected chi connectivity index (χ3v) is 8.54. The van der Waals surface area contributed by atoms with Crippen molar-refractivity contribution in [2.24, 2.45) is 0 Å². The summed E-state index contributed by atoms with van der Waals surface area (Å²) in [6.07, 6.45) is 1.42. The van der Waals surface area contributed by atoms with Crippen molar-refractivity contribution in [2.75, 3.05) is 27.3 Å². The second kappa shape index (κ2) is 10.4. The Morgan fingerprint density at radius 1 is 1.10 bits per heavy atom. The molecule has 0 atom stereocenters. The van der Waals surface area contributed by atoms with Gasteiger partial charge in [0.05, 0.1) is 30.5 Å². The van der Waals surface area contributed by atoms with Gasteiger partial charge in [0.1, 0.15) is 9.90 Å². The monoisotopic (exact) mass is 479 g/mol. The molecular formula is C21H25N3O4S3. The van der Waals surface area contributed by atoms with Gasteiger partial charge in [-0.25, -0.2) is 18.4 Å². The summed E-state index contributed by atoms with van der Waals surface area (Å²) in [7, 11) is -0.275. The molecule has 10 heteroatoms. The minimum Gasteiger partial charge on any atom is -0.493 e. The summed E-state index contributed by atoms with van der Waals surface area (Å²) >= 11 is 3.04. The quantitative estimate of drug-likeness (QED) is 0.395. The molecule has 3 rings (SSSR count). The largest absolute Gasteiger partial charge is 0.493 e. The van der Waals surface area contributed by atoms with E-state index in [1.807, 2.05) is 37.4 Å². The fourth-order valence-electron chi connectivity index (χ4n) is 3.02. The molecule has 0 bridgehead atoms. The lowest BCUT2D eigenvalue weighted by Gasteiger charge is -2.18. The van der Waals surface area contributed by atoms with Crippen LogP contribution in [-0.4, -0.2) is 50.0 Å². The number of aromatic nitrogens is 2. The zero-order valence-electron chi connectivity index (χ0n) is 17.9. The van der Waals surface area contributed by atoms with Gasteiger partial charge < -0.3 is 9.47 Å². The lowest BCUT2D eigenvalue weighted by Crippen LogP contribution is -2.30. The highest BCUT2D eigenvalue weighted by Gasteiger charge is 2.22. The highest BCUT2D eigenvalue weighted by molar-refractivity contribution is 7.98. The molecule has 0 N–H and O–H groups in total. The molecule has 2 aromatic heterocycles. The van der Waals surface area contributed by atoms with Gasteiger partial charge in [0.2, 0.25) is 10.0 Å². The van der Waals surface area contributed by atoms with E-state index in [4.69, 9.17) is 14.5 Å². The van der Waals surface area contributed by atoms with Crippen molar-refractivity contribution in [3.05, 3.63) is 47.6 Å². The molecular weight excluding hydrogens is 454 g/mol. The van der Waals surface area contributed by atoms with Crippen LogP contribution in [0.2, 0.25) is 0 Å². The van der Waals surface area contributed by atoms with Crippen LogP contribution in [-0.2, 0) is 15.8 Å². The van der Waals surface area contributed by atoms with E-state index >= 15 is 0 Å². The van der Waals surface area contributed by atoms with Gasteiger partial charge in [0, 0.05) is 30.4 Å². The second-order valence-electron chi connectivity index (χ2n) is 6.40. The number of methoxy groups -OCH3 is 2. The zero-order chi connectivity index (χ0) is 22.4. The number of para-hydroxylation sites is 1. The van der Waals surface area contributed by atoms with Gasteiger partial charge in [0.15, 0.2) is 11.5 Å². The van der Waals surface area contributed by atoms with Crippen molar-refractivity contribution in [3.63, 3.8) is 0 Å². The number of hydrogen-bond acceptors (Lipinski definition) is 8. The summed E-state index contributed by atoms with van der Waals surface area (Å²) in [5.41, 5.74) is 1.80. The van der Waals surface area contributed by atoms with E-state index < -0.39 is 10.0 Å². The van der Waals surface area contributed by atoms with Crippen LogP contribution in [0.3, 0.4) is 0 Å². The van der Waals surface area contributed by atoms with Crippen LogP contribution >= 0.6 is 23.1 Å². The first-order valence-electron chi connectivity index (χ1n) is 9.69. The summed E-state index contributed by atoms with van der Waals surface area (Å²) in [5, 5.41) is 3.59. The first kappa shape index (κ1) is 23.5. The van der Waals surface area contributed by atoms with E-state index in [0.717, 1.165) is 21.3 Å². The predicted molar refractivity (Wildman–Crippen MR) is 125 cm³/mol. The maximum Gasteiger partial charge on any atom is 0.244 e. The minimum absolute atomic E-state index is 0.210. The van der Waals surface area contributed by atoms with Gasteiger partial charge in [-0.05, 0) is 24.3 Å². The zero-order valence-corrected chi connectivity index (χ0v) is 20.3. The van der Waals surface area contributed by atoms with Gasteiger partial charge in [-0.3, -0.25) is 0 Å². The Labute approximate surface area is 191 Å². The molecule has 0 aliphatic rings.